The molecule has 0 bridgehead atoms. The van der Waals surface area contributed by atoms with E-state index in [4.69, 9.17) is 23.2 Å². The molecule has 0 saturated carbocycles. The average Bonchev–Trinajstić information content (AvgIpc) is 2.96. The predicted octanol–water partition coefficient (Wildman–Crippen LogP) is 7.42. The molecule has 0 atom stereocenters. The molecule has 0 aliphatic rings. The van der Waals surface area contributed by atoms with E-state index >= 15 is 0 Å². The maximum atomic E-state index is 13.2. The molecule has 29 heavy (non-hydrogen) atoms. The normalized spacial score (nSPS) is 12.4. The van der Waals surface area contributed by atoms with Crippen molar-refractivity contribution in [3.05, 3.63) is 56.7 Å². The Labute approximate surface area is 189 Å². The summed E-state index contributed by atoms with van der Waals surface area (Å²) in [5, 5.41) is 5.02. The van der Waals surface area contributed by atoms with Gasteiger partial charge < -0.3 is 5.32 Å². The molecule has 0 unspecified atom stereocenters. The lowest BCUT2D eigenvalue weighted by Gasteiger charge is -2.34. The van der Waals surface area contributed by atoms with Crippen LogP contribution >= 0.6 is 39.1 Å². The van der Waals surface area contributed by atoms with Crippen LogP contribution in [-0.4, -0.2) is 21.0 Å². The van der Waals surface area contributed by atoms with Crippen molar-refractivity contribution in [1.82, 2.24) is 9.55 Å². The number of hydrogen-bond acceptors (Lipinski definition) is 3. The number of halogens is 3. The summed E-state index contributed by atoms with van der Waals surface area (Å²) in [6, 6.07) is 7.03. The van der Waals surface area contributed by atoms with Crippen molar-refractivity contribution in [3.63, 3.8) is 0 Å². The quantitative estimate of drug-likeness (QED) is 0.408. The number of pyridine rings is 1. The van der Waals surface area contributed by atoms with E-state index in [1.807, 2.05) is 12.1 Å². The van der Waals surface area contributed by atoms with Gasteiger partial charge in [-0.1, -0.05) is 59.9 Å². The molecule has 0 radical (unpaired) electrons. The molecule has 3 rings (SSSR count). The Morgan fingerprint density at radius 2 is 1.76 bits per heavy atom. The molecule has 0 fully saturated rings. The highest BCUT2D eigenvalue weighted by Crippen LogP contribution is 2.34. The molecular weight excluding hydrogens is 473 g/mol. The zero-order chi connectivity index (χ0) is 21.6. The van der Waals surface area contributed by atoms with Crippen LogP contribution in [0.5, 0.6) is 0 Å². The molecule has 2 aromatic heterocycles. The fourth-order valence-corrected chi connectivity index (χ4v) is 5.27. The van der Waals surface area contributed by atoms with Gasteiger partial charge in [-0.15, -0.1) is 0 Å². The summed E-state index contributed by atoms with van der Waals surface area (Å²) >= 11 is 15.9. The number of fused-ring (bicyclic) bond motifs is 1. The number of anilines is 1. The molecule has 154 valence electrons. The maximum absolute atomic E-state index is 13.2. The lowest BCUT2D eigenvalue weighted by molar-refractivity contribution is 0.0965. The average molecular weight is 497 g/mol. The third kappa shape index (κ3) is 4.96. The van der Waals surface area contributed by atoms with Gasteiger partial charge in [0.05, 0.1) is 21.1 Å². The van der Waals surface area contributed by atoms with Gasteiger partial charge in [0.2, 0.25) is 0 Å². The maximum Gasteiger partial charge on any atom is 0.265 e. The van der Waals surface area contributed by atoms with E-state index in [1.165, 1.54) is 0 Å². The second-order valence-electron chi connectivity index (χ2n) is 9.07. The molecular formula is C22H24BrCl2N3O. The highest BCUT2D eigenvalue weighted by atomic mass is 79.9. The number of carbonyl (C=O) groups excluding carboxylic acids is 1. The van der Waals surface area contributed by atoms with Crippen LogP contribution in [0.1, 0.15) is 51.4 Å². The van der Waals surface area contributed by atoms with E-state index in [1.54, 1.807) is 29.1 Å². The van der Waals surface area contributed by atoms with Gasteiger partial charge in [-0.25, -0.2) is 4.98 Å². The molecule has 1 aromatic carbocycles. The monoisotopic (exact) mass is 495 g/mol. The number of benzene rings is 1. The topological polar surface area (TPSA) is 46.9 Å². The third-order valence-corrected chi connectivity index (χ3v) is 5.54. The van der Waals surface area contributed by atoms with E-state index < -0.39 is 0 Å². The summed E-state index contributed by atoms with van der Waals surface area (Å²) < 4.78 is 2.28. The number of aromatic nitrogens is 2. The number of nitrogens with one attached hydrogen (secondary N) is 1. The molecule has 2 heterocycles. The van der Waals surface area contributed by atoms with Crippen LogP contribution in [-0.2, 0) is 0 Å². The fourth-order valence-electron chi connectivity index (χ4n) is 3.90. The summed E-state index contributed by atoms with van der Waals surface area (Å²) in [5.41, 5.74) is 1.02. The lowest BCUT2D eigenvalue weighted by Crippen LogP contribution is -2.35. The van der Waals surface area contributed by atoms with Crippen molar-refractivity contribution in [2.45, 2.75) is 46.6 Å². The molecule has 0 amide bonds. The SMILES string of the molecule is CC(C)(C)CC(C)(C)Nc1nccc2c1ccn2C(=O)c1c(Cl)cc(Br)cc1Cl. The number of nitrogens with zero attached hydrogens (tertiary/aromatic N) is 2. The summed E-state index contributed by atoms with van der Waals surface area (Å²) in [7, 11) is 0. The Hall–Kier alpha value is -1.56. The molecule has 0 saturated heterocycles. The number of hydrogen-bond donors (Lipinski definition) is 1. The first-order valence-corrected chi connectivity index (χ1v) is 10.9. The van der Waals surface area contributed by atoms with Crippen molar-refractivity contribution in [2.24, 2.45) is 5.41 Å². The van der Waals surface area contributed by atoms with E-state index in [2.05, 4.69) is 60.8 Å². The molecule has 0 spiro atoms. The van der Waals surface area contributed by atoms with Crippen molar-refractivity contribution in [3.8, 4) is 0 Å². The van der Waals surface area contributed by atoms with Crippen LogP contribution in [0.4, 0.5) is 5.82 Å². The Morgan fingerprint density at radius 3 is 2.34 bits per heavy atom. The molecule has 0 aliphatic heterocycles. The Kier molecular flexibility index (Phi) is 6.06. The Balaban J connectivity index is 2.02. The van der Waals surface area contributed by atoms with Crippen molar-refractivity contribution in [2.75, 3.05) is 5.32 Å². The van der Waals surface area contributed by atoms with Gasteiger partial charge in [0, 0.05) is 27.8 Å². The zero-order valence-electron chi connectivity index (χ0n) is 17.1. The first-order valence-electron chi connectivity index (χ1n) is 9.31. The highest BCUT2D eigenvalue weighted by molar-refractivity contribution is 9.10. The lowest BCUT2D eigenvalue weighted by atomic mass is 9.82. The molecule has 7 heteroatoms. The smallest absolute Gasteiger partial charge is 0.265 e. The van der Waals surface area contributed by atoms with E-state index in [0.717, 1.165) is 27.6 Å². The number of rotatable bonds is 4. The number of carbonyl (C=O) groups is 1. The summed E-state index contributed by atoms with van der Waals surface area (Å²) in [6.45, 7) is 11.0. The van der Waals surface area contributed by atoms with Gasteiger partial charge in [0.1, 0.15) is 5.82 Å². The van der Waals surface area contributed by atoms with Gasteiger partial charge in [-0.2, -0.15) is 0 Å². The minimum Gasteiger partial charge on any atom is -0.365 e. The molecule has 1 N–H and O–H groups in total. The first kappa shape index (κ1) is 22.1. The third-order valence-electron chi connectivity index (χ3n) is 4.49. The Bertz CT molecular complexity index is 1060. The largest absolute Gasteiger partial charge is 0.365 e. The second kappa shape index (κ2) is 7.93. The van der Waals surface area contributed by atoms with Gasteiger partial charge in [-0.3, -0.25) is 9.36 Å². The van der Waals surface area contributed by atoms with Crippen LogP contribution in [0.25, 0.3) is 10.9 Å². The minimum absolute atomic E-state index is 0.163. The Morgan fingerprint density at radius 1 is 1.14 bits per heavy atom. The predicted molar refractivity (Wildman–Crippen MR) is 125 cm³/mol. The van der Waals surface area contributed by atoms with Gasteiger partial charge in [0.25, 0.3) is 5.91 Å². The van der Waals surface area contributed by atoms with Crippen LogP contribution in [0.3, 0.4) is 0 Å². The van der Waals surface area contributed by atoms with Crippen LogP contribution in [0.2, 0.25) is 10.0 Å². The van der Waals surface area contributed by atoms with Crippen molar-refractivity contribution >= 4 is 61.8 Å². The van der Waals surface area contributed by atoms with Crippen molar-refractivity contribution < 1.29 is 4.79 Å². The van der Waals surface area contributed by atoms with E-state index in [9.17, 15) is 4.79 Å². The second-order valence-corrected chi connectivity index (χ2v) is 10.8. The van der Waals surface area contributed by atoms with E-state index in [-0.39, 0.29) is 22.4 Å². The summed E-state index contributed by atoms with van der Waals surface area (Å²) in [6.07, 6.45) is 4.39. The standard InChI is InChI=1S/C22H24BrCl2N3O/c1-21(2,3)12-22(4,5)27-19-14-7-9-28(17(14)6-8-26-19)20(29)18-15(24)10-13(23)11-16(18)25/h6-11H,12H2,1-5H3,(H,26,27). The summed E-state index contributed by atoms with van der Waals surface area (Å²) in [5.74, 6) is 0.463. The molecule has 3 aromatic rings. The fraction of sp³-hybridized carbons (Fsp3) is 0.364. The van der Waals surface area contributed by atoms with Crippen LogP contribution in [0.15, 0.2) is 41.1 Å². The van der Waals surface area contributed by atoms with E-state index in [0.29, 0.717) is 10.0 Å². The molecule has 0 aliphatic carbocycles. The van der Waals surface area contributed by atoms with Crippen LogP contribution < -0.4 is 5.32 Å². The van der Waals surface area contributed by atoms with Crippen LogP contribution in [0, 0.1) is 5.41 Å². The van der Waals surface area contributed by atoms with Gasteiger partial charge in [-0.05, 0) is 49.9 Å². The highest BCUT2D eigenvalue weighted by Gasteiger charge is 2.27. The van der Waals surface area contributed by atoms with Gasteiger partial charge >= 0.3 is 0 Å². The van der Waals surface area contributed by atoms with Crippen molar-refractivity contribution in [1.29, 1.82) is 0 Å². The van der Waals surface area contributed by atoms with Gasteiger partial charge in [0.15, 0.2) is 0 Å². The minimum atomic E-state index is -0.284. The summed E-state index contributed by atoms with van der Waals surface area (Å²) in [4.78, 5) is 17.7. The first-order chi connectivity index (χ1) is 13.4. The molecule has 4 nitrogen and oxygen atoms in total. The zero-order valence-corrected chi connectivity index (χ0v) is 20.2.